The molecule has 0 saturated carbocycles. The van der Waals surface area contributed by atoms with Crippen LogP contribution >= 0.6 is 0 Å². The average Bonchev–Trinajstić information content (AvgIpc) is 3.37. The SMILES string of the molecule is CCCCCCCCCCCCCCCCCCOCC(COC(=O)CCCC(=O)N[C@@H]1O[C@H](CO)[C@@H](O[C@@H]2O[C@H](CO)[C@H](O)[C@H](O)[C@H]2O)[C@H](O)[C@H]1O)OCCCCCCCCCCCCCCCCCC. The van der Waals surface area contributed by atoms with Gasteiger partial charge in [0.2, 0.25) is 5.91 Å². The second-order valence-electron chi connectivity index (χ2n) is 20.8. The Hall–Kier alpha value is -1.54. The standard InChI is InChI=1S/C56H107NO15/c1-3-5-7-9-11-13-15-17-19-21-23-25-27-29-31-33-38-67-42-44(68-39-34-32-30-28-26-24-22-20-18-16-14-12-10-8-6-4-2)43-69-48(61)37-35-36-47(60)57-55-52(65)51(64)54(46(41-59)70-55)72-56-53(66)50(63)49(62)45(40-58)71-56/h44-46,49-56,58-59,62-66H,3-43H2,1-2H3,(H,57,60)/t44?,45-,46-,49+,50+,51-,52-,53-,54-,55-,56+/m1/s1. The van der Waals surface area contributed by atoms with E-state index in [1.54, 1.807) is 0 Å². The zero-order valence-corrected chi connectivity index (χ0v) is 45.2. The number of unbranched alkanes of at least 4 members (excludes halogenated alkanes) is 30. The number of amides is 1. The molecule has 1 unspecified atom stereocenters. The number of carbonyl (C=O) groups is 2. The maximum atomic E-state index is 12.9. The summed E-state index contributed by atoms with van der Waals surface area (Å²) in [5.41, 5.74) is 0. The van der Waals surface area contributed by atoms with Crippen LogP contribution in [0.3, 0.4) is 0 Å². The fourth-order valence-electron chi connectivity index (χ4n) is 9.60. The number of ether oxygens (including phenoxy) is 6. The van der Waals surface area contributed by atoms with Crippen LogP contribution in [0.15, 0.2) is 0 Å². The molecule has 16 heteroatoms. The lowest BCUT2D eigenvalue weighted by atomic mass is 9.96. The minimum Gasteiger partial charge on any atom is -0.463 e. The zero-order valence-electron chi connectivity index (χ0n) is 45.2. The first-order valence-electron chi connectivity index (χ1n) is 29.3. The number of hydrogen-bond acceptors (Lipinski definition) is 15. The van der Waals surface area contributed by atoms with Gasteiger partial charge in [-0.05, 0) is 19.3 Å². The summed E-state index contributed by atoms with van der Waals surface area (Å²) in [6.45, 7) is 4.64. The van der Waals surface area contributed by atoms with Crippen LogP contribution in [0.4, 0.5) is 0 Å². The van der Waals surface area contributed by atoms with Crippen molar-refractivity contribution in [1.82, 2.24) is 5.32 Å². The Bertz CT molecular complexity index is 1260. The lowest BCUT2D eigenvalue weighted by molar-refractivity contribution is -0.343. The van der Waals surface area contributed by atoms with E-state index in [1.807, 2.05) is 0 Å². The van der Waals surface area contributed by atoms with Crippen molar-refractivity contribution in [2.24, 2.45) is 0 Å². The molecule has 0 aromatic rings. The van der Waals surface area contributed by atoms with Gasteiger partial charge in [0.25, 0.3) is 0 Å². The van der Waals surface area contributed by atoms with Crippen LogP contribution in [0.2, 0.25) is 0 Å². The summed E-state index contributed by atoms with van der Waals surface area (Å²) in [5, 5.41) is 74.2. The van der Waals surface area contributed by atoms with Gasteiger partial charge in [-0.25, -0.2) is 0 Å². The third-order valence-electron chi connectivity index (χ3n) is 14.3. The number of aliphatic hydroxyl groups excluding tert-OH is 7. The van der Waals surface area contributed by atoms with Crippen LogP contribution in [0.25, 0.3) is 0 Å². The van der Waals surface area contributed by atoms with Crippen LogP contribution in [-0.2, 0) is 38.0 Å². The number of hydrogen-bond donors (Lipinski definition) is 8. The third kappa shape index (κ3) is 30.9. The molecule has 11 atom stereocenters. The smallest absolute Gasteiger partial charge is 0.305 e. The van der Waals surface area contributed by atoms with Gasteiger partial charge in [0, 0.05) is 26.1 Å². The summed E-state index contributed by atoms with van der Waals surface area (Å²) < 4.78 is 34.3. The first-order chi connectivity index (χ1) is 35.1. The number of nitrogens with one attached hydrogen (secondary N) is 1. The Kier molecular flexibility index (Phi) is 41.2. The number of carbonyl (C=O) groups excluding carboxylic acids is 2. The Morgan fingerprint density at radius 1 is 0.472 bits per heavy atom. The molecule has 1 amide bonds. The molecule has 72 heavy (non-hydrogen) atoms. The molecule has 2 fully saturated rings. The Labute approximate surface area is 435 Å². The van der Waals surface area contributed by atoms with E-state index in [2.05, 4.69) is 19.2 Å². The molecule has 2 aliphatic heterocycles. The summed E-state index contributed by atoms with van der Waals surface area (Å²) in [6, 6.07) is 0. The van der Waals surface area contributed by atoms with E-state index < -0.39 is 92.5 Å². The highest BCUT2D eigenvalue weighted by molar-refractivity contribution is 5.77. The highest BCUT2D eigenvalue weighted by Gasteiger charge is 2.50. The monoisotopic (exact) mass is 1030 g/mol. The summed E-state index contributed by atoms with van der Waals surface area (Å²) in [5.74, 6) is -1.08. The zero-order chi connectivity index (χ0) is 52.4. The maximum absolute atomic E-state index is 12.9. The van der Waals surface area contributed by atoms with Crippen molar-refractivity contribution >= 4 is 11.9 Å². The molecule has 0 spiro atoms. The molecule has 8 N–H and O–H groups in total. The van der Waals surface area contributed by atoms with Crippen LogP contribution in [0.1, 0.15) is 239 Å². The summed E-state index contributed by atoms with van der Waals surface area (Å²) >= 11 is 0. The van der Waals surface area contributed by atoms with Crippen molar-refractivity contribution in [2.45, 2.75) is 306 Å². The van der Waals surface area contributed by atoms with Crippen molar-refractivity contribution in [1.29, 1.82) is 0 Å². The molecule has 0 aromatic carbocycles. The normalized spacial score (nSPS) is 24.9. The second-order valence-corrected chi connectivity index (χ2v) is 20.8. The summed E-state index contributed by atoms with van der Waals surface area (Å²) in [4.78, 5) is 25.7. The molecule has 2 rings (SSSR count). The van der Waals surface area contributed by atoms with Crippen molar-refractivity contribution in [3.8, 4) is 0 Å². The first-order valence-corrected chi connectivity index (χ1v) is 29.3. The van der Waals surface area contributed by atoms with E-state index in [9.17, 15) is 45.3 Å². The summed E-state index contributed by atoms with van der Waals surface area (Å²) in [7, 11) is 0. The molecule has 0 aliphatic carbocycles. The van der Waals surface area contributed by atoms with Gasteiger partial charge in [-0.2, -0.15) is 0 Å². The topological polar surface area (TPSA) is 243 Å². The first kappa shape index (κ1) is 66.6. The van der Waals surface area contributed by atoms with Gasteiger partial charge >= 0.3 is 5.97 Å². The van der Waals surface area contributed by atoms with E-state index in [4.69, 9.17) is 28.4 Å². The van der Waals surface area contributed by atoms with Gasteiger partial charge in [0.1, 0.15) is 61.5 Å². The molecule has 2 aliphatic rings. The Morgan fingerprint density at radius 2 is 0.917 bits per heavy atom. The van der Waals surface area contributed by atoms with E-state index in [1.165, 1.54) is 180 Å². The highest BCUT2D eigenvalue weighted by atomic mass is 16.7. The number of rotatable bonds is 48. The van der Waals surface area contributed by atoms with Crippen LogP contribution in [0.5, 0.6) is 0 Å². The minimum atomic E-state index is -1.80. The molecule has 0 aromatic heterocycles. The van der Waals surface area contributed by atoms with E-state index in [0.29, 0.717) is 19.8 Å². The quantitative estimate of drug-likeness (QED) is 0.0211. The van der Waals surface area contributed by atoms with Gasteiger partial charge in [-0.1, -0.05) is 206 Å². The lowest BCUT2D eigenvalue weighted by Crippen LogP contribution is -2.66. The van der Waals surface area contributed by atoms with Gasteiger partial charge in [0.05, 0.1) is 19.8 Å². The minimum absolute atomic E-state index is 0.0394. The van der Waals surface area contributed by atoms with Crippen LogP contribution in [-0.4, -0.2) is 155 Å². The van der Waals surface area contributed by atoms with Gasteiger partial charge in [-0.15, -0.1) is 0 Å². The largest absolute Gasteiger partial charge is 0.463 e. The fraction of sp³-hybridized carbons (Fsp3) is 0.964. The van der Waals surface area contributed by atoms with Gasteiger partial charge in [0.15, 0.2) is 12.5 Å². The molecule has 16 nitrogen and oxygen atoms in total. The van der Waals surface area contributed by atoms with E-state index in [0.717, 1.165) is 25.7 Å². The Morgan fingerprint density at radius 3 is 1.38 bits per heavy atom. The molecular formula is C56H107NO15. The van der Waals surface area contributed by atoms with Crippen molar-refractivity contribution in [3.63, 3.8) is 0 Å². The van der Waals surface area contributed by atoms with Gasteiger partial charge < -0.3 is 69.5 Å². The maximum Gasteiger partial charge on any atom is 0.305 e. The van der Waals surface area contributed by atoms with Crippen molar-refractivity contribution in [3.05, 3.63) is 0 Å². The van der Waals surface area contributed by atoms with Crippen molar-refractivity contribution < 1.29 is 73.8 Å². The number of aliphatic hydroxyl groups is 7. The predicted octanol–water partition coefficient (Wildman–Crippen LogP) is 8.37. The Balaban J connectivity index is 1.68. The van der Waals surface area contributed by atoms with E-state index >= 15 is 0 Å². The van der Waals surface area contributed by atoms with Gasteiger partial charge in [-0.3, -0.25) is 9.59 Å². The molecule has 0 bridgehead atoms. The van der Waals surface area contributed by atoms with Crippen LogP contribution < -0.4 is 5.32 Å². The fourth-order valence-corrected chi connectivity index (χ4v) is 9.60. The van der Waals surface area contributed by atoms with E-state index in [-0.39, 0.29) is 25.9 Å². The molecule has 2 heterocycles. The number of esters is 1. The van der Waals surface area contributed by atoms with Crippen LogP contribution in [0, 0.1) is 0 Å². The second kappa shape index (κ2) is 44.6. The van der Waals surface area contributed by atoms with Crippen molar-refractivity contribution in [2.75, 3.05) is 39.6 Å². The highest BCUT2D eigenvalue weighted by Crippen LogP contribution is 2.29. The molecule has 426 valence electrons. The molecule has 2 saturated heterocycles. The summed E-state index contributed by atoms with van der Waals surface area (Å²) in [6.07, 6.45) is 25.2. The molecule has 0 radical (unpaired) electrons. The predicted molar refractivity (Wildman–Crippen MR) is 279 cm³/mol. The average molecular weight is 1030 g/mol. The lowest BCUT2D eigenvalue weighted by Gasteiger charge is -2.46. The third-order valence-corrected chi connectivity index (χ3v) is 14.3. The molecular weight excluding hydrogens is 927 g/mol.